The molecule has 39 heavy (non-hydrogen) atoms. The van der Waals surface area contributed by atoms with Crippen molar-refractivity contribution in [3.63, 3.8) is 0 Å². The van der Waals surface area contributed by atoms with E-state index in [1.54, 1.807) is 24.3 Å². The predicted octanol–water partition coefficient (Wildman–Crippen LogP) is 4.00. The van der Waals surface area contributed by atoms with Crippen molar-refractivity contribution in [3.8, 4) is 0 Å². The number of hydrogen-bond acceptors (Lipinski definition) is 7. The van der Waals surface area contributed by atoms with E-state index >= 15 is 0 Å². The van der Waals surface area contributed by atoms with Crippen LogP contribution in [0.3, 0.4) is 0 Å². The molecule has 4 atom stereocenters. The maximum Gasteiger partial charge on any atom is 0.338 e. The normalized spacial score (nSPS) is 23.1. The van der Waals surface area contributed by atoms with Crippen LogP contribution in [0.4, 0.5) is 11.4 Å². The lowest BCUT2D eigenvalue weighted by molar-refractivity contribution is -0.123. The third-order valence-electron chi connectivity index (χ3n) is 7.53. The Labute approximate surface area is 226 Å². The van der Waals surface area contributed by atoms with Crippen molar-refractivity contribution < 1.29 is 33.4 Å². The number of amides is 3. The molecular formula is C30H30N2O7. The van der Waals surface area contributed by atoms with Gasteiger partial charge in [-0.3, -0.25) is 19.3 Å². The molecule has 2 aromatic rings. The summed E-state index contributed by atoms with van der Waals surface area (Å²) >= 11 is 0. The standard InChI is InChI=1S/C30H30N2O7/c1-16(2)14-38-29(36)18-4-8-21(9-5-18)31-24(33)15-39-30(37)19-6-10-22(11-7-19)32-27(34)25-20-12-17(3)23(13-20)26(25)28(32)35/h4-12,16,20,23,25-26H,13-15H2,1-3H3,(H,31,33)/t20-,23+,25-,26-/m0/s1. The number of esters is 2. The zero-order valence-electron chi connectivity index (χ0n) is 22.0. The highest BCUT2D eigenvalue weighted by Gasteiger charge is 2.60. The topological polar surface area (TPSA) is 119 Å². The first-order valence-corrected chi connectivity index (χ1v) is 13.0. The van der Waals surface area contributed by atoms with Gasteiger partial charge >= 0.3 is 11.9 Å². The van der Waals surface area contributed by atoms with Crippen molar-refractivity contribution in [2.75, 3.05) is 23.4 Å². The lowest BCUT2D eigenvalue weighted by Gasteiger charge is -2.19. The van der Waals surface area contributed by atoms with E-state index in [1.165, 1.54) is 34.7 Å². The van der Waals surface area contributed by atoms with Crippen LogP contribution in [0.15, 0.2) is 60.2 Å². The average molecular weight is 531 g/mol. The molecule has 2 aliphatic carbocycles. The fraction of sp³-hybridized carbons (Fsp3) is 0.367. The molecule has 0 aromatic heterocycles. The molecule has 9 heteroatoms. The van der Waals surface area contributed by atoms with Gasteiger partial charge in [0.2, 0.25) is 11.8 Å². The maximum absolute atomic E-state index is 13.1. The summed E-state index contributed by atoms with van der Waals surface area (Å²) in [5.41, 5.74) is 2.59. The lowest BCUT2D eigenvalue weighted by Crippen LogP contribution is -2.33. The fourth-order valence-corrected chi connectivity index (χ4v) is 5.70. The van der Waals surface area contributed by atoms with Crippen LogP contribution in [-0.2, 0) is 23.9 Å². The largest absolute Gasteiger partial charge is 0.462 e. The average Bonchev–Trinajstić information content (AvgIpc) is 3.56. The predicted molar refractivity (Wildman–Crippen MR) is 142 cm³/mol. The van der Waals surface area contributed by atoms with Gasteiger partial charge in [0.25, 0.3) is 5.91 Å². The minimum Gasteiger partial charge on any atom is -0.462 e. The molecule has 2 aromatic carbocycles. The van der Waals surface area contributed by atoms with Gasteiger partial charge in [-0.2, -0.15) is 0 Å². The molecule has 0 spiro atoms. The Morgan fingerprint density at radius 2 is 1.49 bits per heavy atom. The summed E-state index contributed by atoms with van der Waals surface area (Å²) in [6.45, 7) is 5.71. The Morgan fingerprint density at radius 1 is 0.897 bits per heavy atom. The SMILES string of the molecule is CC1=C[C@H]2C[C@H]1[C@@H]1C(=O)N(c3ccc(C(=O)OCC(=O)Nc4ccc(C(=O)OCC(C)C)cc4)cc3)C(=O)[C@H]12. The molecule has 3 aliphatic rings. The second-order valence-electron chi connectivity index (χ2n) is 10.7. The zero-order valence-corrected chi connectivity index (χ0v) is 22.0. The summed E-state index contributed by atoms with van der Waals surface area (Å²) in [5, 5.41) is 2.60. The molecule has 2 bridgehead atoms. The molecule has 0 unspecified atom stereocenters. The zero-order chi connectivity index (χ0) is 27.8. The second kappa shape index (κ2) is 10.5. The molecule has 9 nitrogen and oxygen atoms in total. The Kier molecular flexibility index (Phi) is 7.08. The number of nitrogens with zero attached hydrogens (tertiary/aromatic N) is 1. The van der Waals surface area contributed by atoms with Gasteiger partial charge in [0.05, 0.1) is 35.3 Å². The number of imide groups is 1. The first-order valence-electron chi connectivity index (χ1n) is 13.0. The van der Waals surface area contributed by atoms with E-state index in [4.69, 9.17) is 9.47 Å². The Morgan fingerprint density at radius 3 is 2.13 bits per heavy atom. The number of rotatable bonds is 8. The molecule has 1 N–H and O–H groups in total. The van der Waals surface area contributed by atoms with Crippen LogP contribution in [0.5, 0.6) is 0 Å². The van der Waals surface area contributed by atoms with Crippen molar-refractivity contribution in [2.24, 2.45) is 29.6 Å². The van der Waals surface area contributed by atoms with Gasteiger partial charge in [-0.1, -0.05) is 25.5 Å². The fourth-order valence-electron chi connectivity index (χ4n) is 5.70. The van der Waals surface area contributed by atoms with Gasteiger partial charge in [0.15, 0.2) is 6.61 Å². The molecule has 1 heterocycles. The van der Waals surface area contributed by atoms with E-state index in [1.807, 2.05) is 20.8 Å². The number of hydrogen-bond donors (Lipinski definition) is 1. The van der Waals surface area contributed by atoms with Gasteiger partial charge in [-0.15, -0.1) is 0 Å². The van der Waals surface area contributed by atoms with Gasteiger partial charge < -0.3 is 14.8 Å². The Bertz CT molecular complexity index is 1360. The maximum atomic E-state index is 13.1. The highest BCUT2D eigenvalue weighted by Crippen LogP contribution is 2.55. The summed E-state index contributed by atoms with van der Waals surface area (Å²) in [6, 6.07) is 12.2. The van der Waals surface area contributed by atoms with Crippen molar-refractivity contribution >= 4 is 41.0 Å². The summed E-state index contributed by atoms with van der Waals surface area (Å²) < 4.78 is 10.3. The third-order valence-corrected chi connectivity index (χ3v) is 7.53. The van der Waals surface area contributed by atoms with Crippen molar-refractivity contribution in [2.45, 2.75) is 27.2 Å². The highest BCUT2D eigenvalue weighted by molar-refractivity contribution is 6.23. The van der Waals surface area contributed by atoms with E-state index in [0.717, 1.165) is 6.42 Å². The van der Waals surface area contributed by atoms with Crippen LogP contribution >= 0.6 is 0 Å². The number of anilines is 2. The van der Waals surface area contributed by atoms with Crippen molar-refractivity contribution in [3.05, 3.63) is 71.3 Å². The van der Waals surface area contributed by atoms with Gasteiger partial charge in [-0.25, -0.2) is 9.59 Å². The first-order chi connectivity index (χ1) is 18.6. The molecular weight excluding hydrogens is 500 g/mol. The van der Waals surface area contributed by atoms with Gasteiger partial charge in [-0.05, 0) is 79.6 Å². The molecule has 5 rings (SSSR count). The number of carbonyl (C=O) groups excluding carboxylic acids is 5. The Hall–Kier alpha value is -4.27. The van der Waals surface area contributed by atoms with Crippen molar-refractivity contribution in [1.82, 2.24) is 0 Å². The monoisotopic (exact) mass is 530 g/mol. The van der Waals surface area contributed by atoms with Crippen LogP contribution in [0.1, 0.15) is 47.9 Å². The summed E-state index contributed by atoms with van der Waals surface area (Å²) in [5.74, 6) is -2.20. The van der Waals surface area contributed by atoms with Crippen molar-refractivity contribution in [1.29, 1.82) is 0 Å². The van der Waals surface area contributed by atoms with Gasteiger partial charge in [0.1, 0.15) is 0 Å². The molecule has 1 saturated carbocycles. The highest BCUT2D eigenvalue weighted by atomic mass is 16.5. The molecule has 3 amide bonds. The number of nitrogens with one attached hydrogen (secondary N) is 1. The van der Waals surface area contributed by atoms with Crippen LogP contribution < -0.4 is 10.2 Å². The van der Waals surface area contributed by atoms with Crippen LogP contribution in [-0.4, -0.2) is 42.9 Å². The van der Waals surface area contributed by atoms with Crippen LogP contribution in [0, 0.1) is 29.6 Å². The number of allylic oxidation sites excluding steroid dienone is 2. The number of benzene rings is 2. The van der Waals surface area contributed by atoms with E-state index in [9.17, 15) is 24.0 Å². The number of ether oxygens (including phenoxy) is 2. The summed E-state index contributed by atoms with van der Waals surface area (Å²) in [6.07, 6.45) is 2.99. The molecule has 2 fully saturated rings. The molecule has 1 aliphatic heterocycles. The number of fused-ring (bicyclic) bond motifs is 5. The third kappa shape index (κ3) is 5.08. The van der Waals surface area contributed by atoms with Crippen LogP contribution in [0.25, 0.3) is 0 Å². The van der Waals surface area contributed by atoms with E-state index in [0.29, 0.717) is 23.5 Å². The van der Waals surface area contributed by atoms with E-state index in [-0.39, 0.29) is 47.0 Å². The summed E-state index contributed by atoms with van der Waals surface area (Å²) in [7, 11) is 0. The molecule has 1 saturated heterocycles. The quantitative estimate of drug-likeness (QED) is 0.311. The minimum atomic E-state index is -0.714. The van der Waals surface area contributed by atoms with E-state index in [2.05, 4.69) is 11.4 Å². The Balaban J connectivity index is 1.13. The summed E-state index contributed by atoms with van der Waals surface area (Å²) in [4.78, 5) is 64.1. The first kappa shape index (κ1) is 26.3. The van der Waals surface area contributed by atoms with Crippen LogP contribution in [0.2, 0.25) is 0 Å². The second-order valence-corrected chi connectivity index (χ2v) is 10.7. The number of carbonyl (C=O) groups is 5. The lowest BCUT2D eigenvalue weighted by atomic mass is 9.82. The van der Waals surface area contributed by atoms with E-state index < -0.39 is 24.5 Å². The minimum absolute atomic E-state index is 0.117. The van der Waals surface area contributed by atoms with Gasteiger partial charge in [0, 0.05) is 5.69 Å². The molecule has 0 radical (unpaired) electrons. The smallest absolute Gasteiger partial charge is 0.338 e. The molecule has 202 valence electrons.